The van der Waals surface area contributed by atoms with Crippen LogP contribution in [0.25, 0.3) is 0 Å². The first-order chi connectivity index (χ1) is 14.0. The largest absolute Gasteiger partial charge is 0.497 e. The number of methoxy groups -OCH3 is 1. The van der Waals surface area contributed by atoms with Gasteiger partial charge in [-0.2, -0.15) is 0 Å². The lowest BCUT2D eigenvalue weighted by Gasteiger charge is -2.29. The number of benzene rings is 1. The number of hydrogen-bond donors (Lipinski definition) is 1. The predicted molar refractivity (Wildman–Crippen MR) is 106 cm³/mol. The Labute approximate surface area is 169 Å². The standard InChI is InChI=1S/C20H26N6O3/c1-14(27)24-10-11-26-18(12-24)22-23-20(26)17-4-3-9-25(17)13-19(28)21-15-5-7-16(29-2)8-6-15/h5-8,17H,3-4,9-13H2,1-2H3,(H,21,28). The van der Waals surface area contributed by atoms with Gasteiger partial charge in [-0.25, -0.2) is 0 Å². The Balaban J connectivity index is 1.42. The van der Waals surface area contributed by atoms with E-state index in [4.69, 9.17) is 4.74 Å². The highest BCUT2D eigenvalue weighted by atomic mass is 16.5. The van der Waals surface area contributed by atoms with E-state index in [1.165, 1.54) is 0 Å². The maximum Gasteiger partial charge on any atom is 0.238 e. The SMILES string of the molecule is COc1ccc(NC(=O)CN2CCCC2c2nnc3n2CCN(C(C)=O)C3)cc1. The molecule has 0 radical (unpaired) electrons. The zero-order valence-electron chi connectivity index (χ0n) is 16.8. The summed E-state index contributed by atoms with van der Waals surface area (Å²) in [6.45, 7) is 4.58. The van der Waals surface area contributed by atoms with E-state index in [0.717, 1.165) is 42.5 Å². The van der Waals surface area contributed by atoms with Crippen LogP contribution in [0.1, 0.15) is 37.5 Å². The molecular weight excluding hydrogens is 372 g/mol. The van der Waals surface area contributed by atoms with E-state index in [9.17, 15) is 9.59 Å². The first kappa shape index (κ1) is 19.4. The zero-order chi connectivity index (χ0) is 20.4. The highest BCUT2D eigenvalue weighted by Crippen LogP contribution is 2.32. The van der Waals surface area contributed by atoms with Crippen LogP contribution in [0.3, 0.4) is 0 Å². The molecule has 4 rings (SSSR count). The van der Waals surface area contributed by atoms with Gasteiger partial charge in [0, 0.05) is 25.7 Å². The Morgan fingerprint density at radius 3 is 2.69 bits per heavy atom. The van der Waals surface area contributed by atoms with E-state index in [1.807, 2.05) is 24.3 Å². The summed E-state index contributed by atoms with van der Waals surface area (Å²) in [5.41, 5.74) is 0.746. The summed E-state index contributed by atoms with van der Waals surface area (Å²) in [5.74, 6) is 2.47. The van der Waals surface area contributed by atoms with Gasteiger partial charge in [-0.15, -0.1) is 10.2 Å². The van der Waals surface area contributed by atoms with Crippen molar-refractivity contribution in [3.63, 3.8) is 0 Å². The topological polar surface area (TPSA) is 92.6 Å². The van der Waals surface area contributed by atoms with Crippen LogP contribution in [0, 0.1) is 0 Å². The van der Waals surface area contributed by atoms with Gasteiger partial charge in [0.25, 0.3) is 0 Å². The number of ether oxygens (including phenoxy) is 1. The minimum Gasteiger partial charge on any atom is -0.497 e. The highest BCUT2D eigenvalue weighted by molar-refractivity contribution is 5.92. The molecule has 0 spiro atoms. The van der Waals surface area contributed by atoms with Crippen LogP contribution in [0.4, 0.5) is 5.69 Å². The van der Waals surface area contributed by atoms with Crippen molar-refractivity contribution in [1.82, 2.24) is 24.6 Å². The number of hydrogen-bond acceptors (Lipinski definition) is 6. The molecule has 1 aromatic carbocycles. The van der Waals surface area contributed by atoms with Crippen LogP contribution in [0.5, 0.6) is 5.75 Å². The number of amides is 2. The number of aromatic nitrogens is 3. The molecule has 1 aromatic heterocycles. The van der Waals surface area contributed by atoms with Crippen LogP contribution in [0.15, 0.2) is 24.3 Å². The van der Waals surface area contributed by atoms with Gasteiger partial charge in [-0.1, -0.05) is 0 Å². The molecule has 3 heterocycles. The predicted octanol–water partition coefficient (Wildman–Crippen LogP) is 1.42. The summed E-state index contributed by atoms with van der Waals surface area (Å²) in [6, 6.07) is 7.37. The molecule has 1 unspecified atom stereocenters. The molecule has 2 amide bonds. The van der Waals surface area contributed by atoms with E-state index in [0.29, 0.717) is 26.2 Å². The van der Waals surface area contributed by atoms with Crippen molar-refractivity contribution in [2.24, 2.45) is 0 Å². The fraction of sp³-hybridized carbons (Fsp3) is 0.500. The average molecular weight is 398 g/mol. The molecule has 1 atom stereocenters. The van der Waals surface area contributed by atoms with Crippen LogP contribution >= 0.6 is 0 Å². The van der Waals surface area contributed by atoms with E-state index in [-0.39, 0.29) is 17.9 Å². The molecule has 0 saturated carbocycles. The molecule has 1 N–H and O–H groups in total. The number of nitrogens with one attached hydrogen (secondary N) is 1. The number of rotatable bonds is 5. The zero-order valence-corrected chi connectivity index (χ0v) is 16.8. The van der Waals surface area contributed by atoms with Crippen molar-refractivity contribution in [3.8, 4) is 5.75 Å². The molecule has 0 bridgehead atoms. The molecule has 1 fully saturated rings. The molecule has 1 saturated heterocycles. The van der Waals surface area contributed by atoms with Crippen molar-refractivity contribution < 1.29 is 14.3 Å². The summed E-state index contributed by atoms with van der Waals surface area (Å²) < 4.78 is 7.26. The van der Waals surface area contributed by atoms with Gasteiger partial charge in [-0.3, -0.25) is 14.5 Å². The lowest BCUT2D eigenvalue weighted by atomic mass is 10.2. The Morgan fingerprint density at radius 2 is 1.97 bits per heavy atom. The van der Waals surface area contributed by atoms with Gasteiger partial charge < -0.3 is 19.5 Å². The summed E-state index contributed by atoms with van der Waals surface area (Å²) in [4.78, 5) is 28.2. The smallest absolute Gasteiger partial charge is 0.238 e. The van der Waals surface area contributed by atoms with Crippen LogP contribution in [-0.2, 0) is 22.7 Å². The molecule has 9 nitrogen and oxygen atoms in total. The van der Waals surface area contributed by atoms with E-state index >= 15 is 0 Å². The van der Waals surface area contributed by atoms with E-state index in [1.54, 1.807) is 18.9 Å². The first-order valence-corrected chi connectivity index (χ1v) is 9.90. The van der Waals surface area contributed by atoms with Gasteiger partial charge in [0.1, 0.15) is 5.75 Å². The molecule has 2 aromatic rings. The molecule has 154 valence electrons. The third-order valence-electron chi connectivity index (χ3n) is 5.61. The molecule has 29 heavy (non-hydrogen) atoms. The monoisotopic (exact) mass is 398 g/mol. The molecular formula is C20H26N6O3. The number of carbonyl (C=O) groups is 2. The van der Waals surface area contributed by atoms with Crippen LogP contribution < -0.4 is 10.1 Å². The summed E-state index contributed by atoms with van der Waals surface area (Å²) in [6.07, 6.45) is 1.96. The number of likely N-dealkylation sites (tertiary alicyclic amines) is 1. The number of nitrogens with zero attached hydrogens (tertiary/aromatic N) is 5. The average Bonchev–Trinajstić information content (AvgIpc) is 3.34. The fourth-order valence-electron chi connectivity index (χ4n) is 4.06. The number of fused-ring (bicyclic) bond motifs is 1. The van der Waals surface area contributed by atoms with Gasteiger partial charge in [0.2, 0.25) is 11.8 Å². The third-order valence-corrected chi connectivity index (χ3v) is 5.61. The van der Waals surface area contributed by atoms with Crippen molar-refractivity contribution in [2.75, 3.05) is 32.1 Å². The summed E-state index contributed by atoms with van der Waals surface area (Å²) in [5, 5.41) is 11.7. The number of carbonyl (C=O) groups excluding carboxylic acids is 2. The van der Waals surface area contributed by atoms with Crippen LogP contribution in [0.2, 0.25) is 0 Å². The molecule has 2 aliphatic heterocycles. The van der Waals surface area contributed by atoms with Gasteiger partial charge in [0.15, 0.2) is 11.6 Å². The van der Waals surface area contributed by atoms with Gasteiger partial charge in [-0.05, 0) is 43.7 Å². The second-order valence-corrected chi connectivity index (χ2v) is 7.47. The summed E-state index contributed by atoms with van der Waals surface area (Å²) >= 11 is 0. The fourth-order valence-corrected chi connectivity index (χ4v) is 4.06. The lowest BCUT2D eigenvalue weighted by Crippen LogP contribution is -2.38. The second-order valence-electron chi connectivity index (χ2n) is 7.47. The van der Waals surface area contributed by atoms with E-state index < -0.39 is 0 Å². The third kappa shape index (κ3) is 4.09. The van der Waals surface area contributed by atoms with E-state index in [2.05, 4.69) is 25.0 Å². The quantitative estimate of drug-likeness (QED) is 0.819. The van der Waals surface area contributed by atoms with Crippen molar-refractivity contribution in [1.29, 1.82) is 0 Å². The van der Waals surface area contributed by atoms with Gasteiger partial charge >= 0.3 is 0 Å². The Kier molecular flexibility index (Phi) is 5.48. The highest BCUT2D eigenvalue weighted by Gasteiger charge is 2.33. The lowest BCUT2D eigenvalue weighted by molar-refractivity contribution is -0.130. The minimum absolute atomic E-state index is 0.0526. The Hall–Kier alpha value is -2.94. The van der Waals surface area contributed by atoms with Crippen molar-refractivity contribution in [3.05, 3.63) is 35.9 Å². The van der Waals surface area contributed by atoms with Crippen molar-refractivity contribution >= 4 is 17.5 Å². The van der Waals surface area contributed by atoms with Crippen LogP contribution in [-0.4, -0.2) is 63.1 Å². The maximum absolute atomic E-state index is 12.6. The second kappa shape index (κ2) is 8.20. The van der Waals surface area contributed by atoms with Gasteiger partial charge in [0.05, 0.1) is 26.2 Å². The summed E-state index contributed by atoms with van der Waals surface area (Å²) in [7, 11) is 1.61. The minimum atomic E-state index is -0.0526. The normalized spacial score (nSPS) is 19.1. The van der Waals surface area contributed by atoms with Crippen molar-refractivity contribution in [2.45, 2.75) is 38.9 Å². The first-order valence-electron chi connectivity index (χ1n) is 9.90. The number of anilines is 1. The molecule has 2 aliphatic rings. The molecule has 9 heteroatoms. The Morgan fingerprint density at radius 1 is 1.17 bits per heavy atom. The maximum atomic E-state index is 12.6. The molecule has 0 aliphatic carbocycles. The Bertz CT molecular complexity index is 894.